The molecule has 2 bridgehead atoms. The van der Waals surface area contributed by atoms with Crippen molar-refractivity contribution < 1.29 is 14.4 Å². The lowest BCUT2D eigenvalue weighted by molar-refractivity contribution is -0.142. The van der Waals surface area contributed by atoms with Crippen LogP contribution in [0.3, 0.4) is 0 Å². The van der Waals surface area contributed by atoms with Crippen LogP contribution in [-0.2, 0) is 27.2 Å². The number of fused-ring (bicyclic) bond motifs is 1. The number of likely N-dealkylation sites (tertiary alicyclic amines) is 1. The largest absolute Gasteiger partial charge is 0.325 e. The van der Waals surface area contributed by atoms with Crippen LogP contribution < -0.4 is 5.32 Å². The molecule has 5 heteroatoms. The van der Waals surface area contributed by atoms with Gasteiger partial charge >= 0.3 is 0 Å². The topological polar surface area (TPSA) is 66.5 Å². The minimum absolute atomic E-state index is 0.140. The summed E-state index contributed by atoms with van der Waals surface area (Å²) < 4.78 is 0. The third-order valence-electron chi connectivity index (χ3n) is 7.44. The average Bonchev–Trinajstić information content (AvgIpc) is 3.31. The summed E-state index contributed by atoms with van der Waals surface area (Å²) in [6.45, 7) is -0.170. The van der Waals surface area contributed by atoms with Crippen LogP contribution >= 0.6 is 0 Å². The number of hydrogen-bond acceptors (Lipinski definition) is 3. The van der Waals surface area contributed by atoms with E-state index in [2.05, 4.69) is 23.5 Å². The number of imide groups is 1. The van der Waals surface area contributed by atoms with E-state index in [1.165, 1.54) is 16.0 Å². The van der Waals surface area contributed by atoms with Gasteiger partial charge in [0, 0.05) is 5.69 Å². The fraction of sp³-hybridized carbons (Fsp3) is 0.500. The van der Waals surface area contributed by atoms with Crippen LogP contribution in [0, 0.1) is 35.5 Å². The van der Waals surface area contributed by atoms with Crippen LogP contribution in [0.15, 0.2) is 30.4 Å². The highest BCUT2D eigenvalue weighted by Crippen LogP contribution is 2.65. The summed E-state index contributed by atoms with van der Waals surface area (Å²) in [5, 5.41) is 2.88. The Kier molecular flexibility index (Phi) is 3.07. The molecule has 0 spiro atoms. The van der Waals surface area contributed by atoms with Crippen molar-refractivity contribution in [2.24, 2.45) is 35.5 Å². The quantitative estimate of drug-likeness (QED) is 0.662. The van der Waals surface area contributed by atoms with E-state index in [4.69, 9.17) is 0 Å². The van der Waals surface area contributed by atoms with Crippen molar-refractivity contribution in [3.8, 4) is 0 Å². The lowest BCUT2D eigenvalue weighted by Crippen LogP contribution is -2.40. The second-order valence-electron chi connectivity index (χ2n) is 8.80. The standard InChI is InChI=1S/C22H22N2O3/c25-18(23-13-5-4-11-2-1-3-12(11)8-13)10-24-21(26)19-14-6-7-15(17-9-16(14)17)20(19)22(24)27/h4-8,14-17,19-20H,1-3,9-10H2,(H,23,25)/t14-,15+,16-,17-,19+,20+/m1/s1. The summed E-state index contributed by atoms with van der Waals surface area (Å²) in [5.41, 5.74) is 3.39. The molecule has 7 rings (SSSR count). The molecule has 3 fully saturated rings. The molecule has 1 heterocycles. The Morgan fingerprint density at radius 3 is 2.37 bits per heavy atom. The Morgan fingerprint density at radius 2 is 1.67 bits per heavy atom. The first-order chi connectivity index (χ1) is 13.1. The van der Waals surface area contributed by atoms with E-state index in [9.17, 15) is 14.4 Å². The van der Waals surface area contributed by atoms with E-state index in [0.29, 0.717) is 11.8 Å². The fourth-order valence-electron chi connectivity index (χ4n) is 6.17. The van der Waals surface area contributed by atoms with Crippen LogP contribution in [0.2, 0.25) is 0 Å². The van der Waals surface area contributed by atoms with E-state index in [-0.39, 0.29) is 47.9 Å². The molecule has 6 atom stereocenters. The number of benzene rings is 1. The number of nitrogens with zero attached hydrogens (tertiary/aromatic N) is 1. The molecule has 5 nitrogen and oxygen atoms in total. The first-order valence-electron chi connectivity index (χ1n) is 10.1. The minimum atomic E-state index is -0.293. The van der Waals surface area contributed by atoms with Gasteiger partial charge in [-0.3, -0.25) is 19.3 Å². The maximum Gasteiger partial charge on any atom is 0.244 e. The molecular formula is C22H22N2O3. The van der Waals surface area contributed by atoms with Crippen LogP contribution in [-0.4, -0.2) is 29.2 Å². The van der Waals surface area contributed by atoms with Crippen molar-refractivity contribution in [2.45, 2.75) is 25.7 Å². The lowest BCUT2D eigenvalue weighted by Gasteiger charge is -2.37. The maximum atomic E-state index is 12.9. The van der Waals surface area contributed by atoms with Gasteiger partial charge in [0.05, 0.1) is 11.8 Å². The second kappa shape index (κ2) is 5.31. The van der Waals surface area contributed by atoms with Gasteiger partial charge < -0.3 is 5.32 Å². The number of nitrogens with one attached hydrogen (secondary N) is 1. The van der Waals surface area contributed by atoms with Gasteiger partial charge in [0.2, 0.25) is 17.7 Å². The smallest absolute Gasteiger partial charge is 0.244 e. The molecule has 1 aliphatic heterocycles. The van der Waals surface area contributed by atoms with Crippen molar-refractivity contribution in [1.82, 2.24) is 4.90 Å². The van der Waals surface area contributed by atoms with Crippen molar-refractivity contribution in [1.29, 1.82) is 0 Å². The maximum absolute atomic E-state index is 12.9. The van der Waals surface area contributed by atoms with Crippen LogP contribution in [0.5, 0.6) is 0 Å². The number of rotatable bonds is 3. The number of hydrogen-bond donors (Lipinski definition) is 1. The summed E-state index contributed by atoms with van der Waals surface area (Å²) >= 11 is 0. The third kappa shape index (κ3) is 2.14. The van der Waals surface area contributed by atoms with Crippen molar-refractivity contribution in [3.63, 3.8) is 0 Å². The number of amides is 3. The number of aryl methyl sites for hydroxylation is 2. The molecule has 27 heavy (non-hydrogen) atoms. The van der Waals surface area contributed by atoms with Crippen LogP contribution in [0.4, 0.5) is 5.69 Å². The van der Waals surface area contributed by atoms with Gasteiger partial charge in [0.15, 0.2) is 0 Å². The minimum Gasteiger partial charge on any atom is -0.325 e. The molecule has 3 amide bonds. The third-order valence-corrected chi connectivity index (χ3v) is 7.44. The predicted octanol–water partition coefficient (Wildman–Crippen LogP) is 2.17. The lowest BCUT2D eigenvalue weighted by atomic mass is 9.63. The molecule has 1 N–H and O–H groups in total. The second-order valence-corrected chi connectivity index (χ2v) is 8.80. The first kappa shape index (κ1) is 15.6. The normalized spacial score (nSPS) is 37.3. The van der Waals surface area contributed by atoms with E-state index in [1.807, 2.05) is 12.1 Å². The molecule has 0 radical (unpaired) electrons. The Bertz CT molecular complexity index is 884. The SMILES string of the molecule is O=C(CN1C(=O)[C@H]2[C@@H]3C=C[C@@H]([C@H]4C[C@H]34)[C@@H]2C1=O)Nc1ccc2c(c1)CCC2. The highest BCUT2D eigenvalue weighted by atomic mass is 16.2. The molecular weight excluding hydrogens is 340 g/mol. The Labute approximate surface area is 157 Å². The molecule has 6 aliphatic rings. The summed E-state index contributed by atoms with van der Waals surface area (Å²) in [6, 6.07) is 5.99. The molecule has 2 saturated carbocycles. The molecule has 1 aromatic carbocycles. The van der Waals surface area contributed by atoms with Crippen LogP contribution in [0.1, 0.15) is 24.0 Å². The number of carbonyl (C=O) groups is 3. The molecule has 1 saturated heterocycles. The van der Waals surface area contributed by atoms with Gasteiger partial charge in [0.1, 0.15) is 6.54 Å². The Morgan fingerprint density at radius 1 is 1.00 bits per heavy atom. The van der Waals surface area contributed by atoms with Gasteiger partial charge in [-0.1, -0.05) is 18.2 Å². The zero-order valence-corrected chi connectivity index (χ0v) is 15.1. The molecule has 138 valence electrons. The predicted molar refractivity (Wildman–Crippen MR) is 98.5 cm³/mol. The molecule has 5 aliphatic carbocycles. The summed E-state index contributed by atoms with van der Waals surface area (Å²) in [6.07, 6.45) is 8.75. The summed E-state index contributed by atoms with van der Waals surface area (Å²) in [5.74, 6) is 0.526. The number of allylic oxidation sites excluding steroid dienone is 2. The van der Waals surface area contributed by atoms with Crippen LogP contribution in [0.25, 0.3) is 0 Å². The molecule has 0 unspecified atom stereocenters. The van der Waals surface area contributed by atoms with Gasteiger partial charge in [-0.2, -0.15) is 0 Å². The highest BCUT2D eigenvalue weighted by molar-refractivity contribution is 6.09. The van der Waals surface area contributed by atoms with E-state index in [1.54, 1.807) is 0 Å². The van der Waals surface area contributed by atoms with E-state index >= 15 is 0 Å². The van der Waals surface area contributed by atoms with Gasteiger partial charge in [0.25, 0.3) is 0 Å². The Hall–Kier alpha value is -2.43. The van der Waals surface area contributed by atoms with Gasteiger partial charge in [-0.15, -0.1) is 0 Å². The van der Waals surface area contributed by atoms with Gasteiger partial charge in [-0.05, 0) is 72.6 Å². The number of anilines is 1. The Balaban J connectivity index is 1.19. The average molecular weight is 362 g/mol. The van der Waals surface area contributed by atoms with Crippen molar-refractivity contribution in [3.05, 3.63) is 41.5 Å². The highest BCUT2D eigenvalue weighted by Gasteiger charge is 2.67. The summed E-state index contributed by atoms with van der Waals surface area (Å²) in [4.78, 5) is 39.6. The molecule has 0 aromatic heterocycles. The first-order valence-corrected chi connectivity index (χ1v) is 10.1. The van der Waals surface area contributed by atoms with Gasteiger partial charge in [-0.25, -0.2) is 0 Å². The van der Waals surface area contributed by atoms with Crippen molar-refractivity contribution >= 4 is 23.4 Å². The zero-order chi connectivity index (χ0) is 18.3. The van der Waals surface area contributed by atoms with E-state index in [0.717, 1.165) is 31.4 Å². The van der Waals surface area contributed by atoms with Crippen molar-refractivity contribution in [2.75, 3.05) is 11.9 Å². The zero-order valence-electron chi connectivity index (χ0n) is 15.1. The van der Waals surface area contributed by atoms with E-state index < -0.39 is 0 Å². The monoisotopic (exact) mass is 362 g/mol. The summed E-state index contributed by atoms with van der Waals surface area (Å²) in [7, 11) is 0. The molecule has 1 aromatic rings. The fourth-order valence-corrected chi connectivity index (χ4v) is 6.17. The number of carbonyl (C=O) groups excluding carboxylic acids is 3.